The predicted octanol–water partition coefficient (Wildman–Crippen LogP) is 4.99. The quantitative estimate of drug-likeness (QED) is 0.337. The van der Waals surface area contributed by atoms with Crippen LogP contribution in [0.15, 0.2) is 76.3 Å². The molecule has 0 aliphatic carbocycles. The van der Waals surface area contributed by atoms with Crippen molar-refractivity contribution in [3.05, 3.63) is 93.5 Å². The highest BCUT2D eigenvalue weighted by Gasteiger charge is 2.07. The Morgan fingerprint density at radius 1 is 1.03 bits per heavy atom. The summed E-state index contributed by atoms with van der Waals surface area (Å²) in [5.74, 6) is 0.995. The van der Waals surface area contributed by atoms with Crippen LogP contribution >= 0.6 is 15.9 Å². The highest BCUT2D eigenvalue weighted by molar-refractivity contribution is 9.10. The van der Waals surface area contributed by atoms with Gasteiger partial charge in [0.2, 0.25) is 5.91 Å². The molecule has 7 heteroatoms. The Bertz CT molecular complexity index is 1120. The van der Waals surface area contributed by atoms with Gasteiger partial charge >= 0.3 is 0 Å². The Hall–Kier alpha value is -3.63. The van der Waals surface area contributed by atoms with E-state index in [-0.39, 0.29) is 12.3 Å². The maximum Gasteiger partial charge on any atom is 0.244 e. The topological polar surface area (TPSA) is 83.7 Å². The van der Waals surface area contributed by atoms with Crippen LogP contribution in [-0.4, -0.2) is 18.7 Å². The molecule has 6 nitrogen and oxygen atoms in total. The maximum absolute atomic E-state index is 12.1. The highest BCUT2D eigenvalue weighted by atomic mass is 79.9. The number of rotatable bonds is 9. The van der Waals surface area contributed by atoms with Gasteiger partial charge in [0.1, 0.15) is 6.61 Å². The molecule has 3 aromatic carbocycles. The van der Waals surface area contributed by atoms with E-state index in [4.69, 9.17) is 14.7 Å². The van der Waals surface area contributed by atoms with Crippen molar-refractivity contribution in [3.63, 3.8) is 0 Å². The van der Waals surface area contributed by atoms with Crippen LogP contribution in [-0.2, 0) is 17.8 Å². The Morgan fingerprint density at radius 3 is 2.44 bits per heavy atom. The number of nitrogens with zero attached hydrogens (tertiary/aromatic N) is 2. The molecule has 0 radical (unpaired) electrons. The van der Waals surface area contributed by atoms with Gasteiger partial charge in [-0.1, -0.05) is 40.2 Å². The first-order chi connectivity index (χ1) is 15.6. The average molecular weight is 492 g/mol. The fraction of sp³-hybridized carbons (Fsp3) is 0.160. The van der Waals surface area contributed by atoms with E-state index in [0.717, 1.165) is 21.2 Å². The average Bonchev–Trinajstić information content (AvgIpc) is 2.80. The van der Waals surface area contributed by atoms with Crippen molar-refractivity contribution < 1.29 is 14.3 Å². The summed E-state index contributed by atoms with van der Waals surface area (Å²) in [6.07, 6.45) is 1.81. The number of carbonyl (C=O) groups is 1. The van der Waals surface area contributed by atoms with Crippen LogP contribution in [0.25, 0.3) is 0 Å². The molecule has 1 amide bonds. The van der Waals surface area contributed by atoms with Crippen molar-refractivity contribution in [2.24, 2.45) is 5.10 Å². The molecule has 3 rings (SSSR count). The lowest BCUT2D eigenvalue weighted by molar-refractivity contribution is -0.120. The minimum Gasteiger partial charge on any atom is -0.490 e. The number of hydrogen-bond donors (Lipinski definition) is 1. The molecule has 1 N–H and O–H groups in total. The first-order valence-electron chi connectivity index (χ1n) is 10.0. The highest BCUT2D eigenvalue weighted by Crippen LogP contribution is 2.29. The summed E-state index contributed by atoms with van der Waals surface area (Å²) in [7, 11) is 0. The minimum absolute atomic E-state index is 0.198. The Balaban J connectivity index is 1.59. The summed E-state index contributed by atoms with van der Waals surface area (Å²) in [6.45, 7) is 2.73. The van der Waals surface area contributed by atoms with Gasteiger partial charge in [0.15, 0.2) is 11.5 Å². The molecular formula is C25H22BrN3O3. The Morgan fingerprint density at radius 2 is 1.75 bits per heavy atom. The van der Waals surface area contributed by atoms with Crippen LogP contribution in [0.1, 0.15) is 29.2 Å². The zero-order valence-electron chi connectivity index (χ0n) is 17.5. The molecule has 0 heterocycles. The number of ether oxygens (including phenoxy) is 2. The number of carbonyl (C=O) groups excluding carboxylic acids is 1. The molecule has 0 bridgehead atoms. The lowest BCUT2D eigenvalue weighted by atomic mass is 10.1. The summed E-state index contributed by atoms with van der Waals surface area (Å²) in [6, 6.07) is 22.3. The van der Waals surface area contributed by atoms with Crippen molar-refractivity contribution in [3.8, 4) is 17.6 Å². The van der Waals surface area contributed by atoms with Gasteiger partial charge in [0.05, 0.1) is 30.9 Å². The molecule has 0 unspecified atom stereocenters. The van der Waals surface area contributed by atoms with Crippen LogP contribution in [0.4, 0.5) is 0 Å². The van der Waals surface area contributed by atoms with E-state index < -0.39 is 0 Å². The third-order valence-corrected chi connectivity index (χ3v) is 4.95. The Labute approximate surface area is 195 Å². The number of amides is 1. The van der Waals surface area contributed by atoms with Crippen LogP contribution < -0.4 is 14.9 Å². The summed E-state index contributed by atoms with van der Waals surface area (Å²) >= 11 is 3.37. The van der Waals surface area contributed by atoms with Crippen LogP contribution in [0.2, 0.25) is 0 Å². The number of benzene rings is 3. The lowest BCUT2D eigenvalue weighted by Crippen LogP contribution is -2.19. The van der Waals surface area contributed by atoms with Crippen molar-refractivity contribution in [1.29, 1.82) is 5.26 Å². The second kappa shape index (κ2) is 11.7. The van der Waals surface area contributed by atoms with E-state index in [1.807, 2.05) is 55.5 Å². The molecule has 0 saturated carbocycles. The van der Waals surface area contributed by atoms with E-state index in [1.165, 1.54) is 0 Å². The normalized spacial score (nSPS) is 10.5. The van der Waals surface area contributed by atoms with Crippen LogP contribution in [0.5, 0.6) is 11.5 Å². The van der Waals surface area contributed by atoms with Gasteiger partial charge in [-0.3, -0.25) is 4.79 Å². The molecule has 0 fully saturated rings. The van der Waals surface area contributed by atoms with Gasteiger partial charge in [-0.2, -0.15) is 10.4 Å². The van der Waals surface area contributed by atoms with E-state index in [0.29, 0.717) is 30.3 Å². The molecule has 3 aromatic rings. The van der Waals surface area contributed by atoms with Crippen LogP contribution in [0.3, 0.4) is 0 Å². The van der Waals surface area contributed by atoms with Gasteiger partial charge < -0.3 is 9.47 Å². The summed E-state index contributed by atoms with van der Waals surface area (Å²) in [5.41, 5.74) is 5.77. The number of nitrogens with one attached hydrogen (secondary N) is 1. The van der Waals surface area contributed by atoms with Crippen LogP contribution in [0, 0.1) is 11.3 Å². The van der Waals surface area contributed by atoms with Crippen molar-refractivity contribution in [2.75, 3.05) is 6.61 Å². The van der Waals surface area contributed by atoms with Gasteiger partial charge in [-0.05, 0) is 66.1 Å². The third-order valence-electron chi connectivity index (χ3n) is 4.43. The monoisotopic (exact) mass is 491 g/mol. The number of hydrazone groups is 1. The molecule has 0 atom stereocenters. The molecule has 0 aliphatic rings. The fourth-order valence-electron chi connectivity index (χ4n) is 2.84. The third kappa shape index (κ3) is 6.96. The van der Waals surface area contributed by atoms with E-state index in [9.17, 15) is 4.79 Å². The summed E-state index contributed by atoms with van der Waals surface area (Å²) < 4.78 is 12.6. The fourth-order valence-corrected chi connectivity index (χ4v) is 3.10. The summed E-state index contributed by atoms with van der Waals surface area (Å²) in [5, 5.41) is 12.9. The zero-order chi connectivity index (χ0) is 22.8. The predicted molar refractivity (Wildman–Crippen MR) is 127 cm³/mol. The zero-order valence-corrected chi connectivity index (χ0v) is 19.1. The molecule has 0 aliphatic heterocycles. The second-order valence-corrected chi connectivity index (χ2v) is 7.75. The van der Waals surface area contributed by atoms with Gasteiger partial charge in [0, 0.05) is 4.47 Å². The Kier molecular flexibility index (Phi) is 8.41. The van der Waals surface area contributed by atoms with E-state index in [1.54, 1.807) is 24.4 Å². The van der Waals surface area contributed by atoms with Crippen molar-refractivity contribution in [2.45, 2.75) is 20.0 Å². The molecule has 0 aromatic heterocycles. The molecular weight excluding hydrogens is 470 g/mol. The molecule has 162 valence electrons. The SMILES string of the molecule is CCOc1cc(/C=N/NC(=O)Cc2ccc(Br)cc2)ccc1OCc1ccc(C#N)cc1. The minimum atomic E-state index is -0.198. The maximum atomic E-state index is 12.1. The standard InChI is InChI=1S/C25H22BrN3O3/c1-2-31-24-13-21(16-28-29-25(30)14-18-7-10-22(26)11-8-18)9-12-23(24)32-17-20-5-3-19(15-27)4-6-20/h3-13,16H,2,14,17H2,1H3,(H,29,30)/b28-16+. The van der Waals surface area contributed by atoms with E-state index >= 15 is 0 Å². The number of hydrogen-bond acceptors (Lipinski definition) is 5. The molecule has 0 saturated heterocycles. The first-order valence-corrected chi connectivity index (χ1v) is 10.8. The first kappa shape index (κ1) is 23.0. The second-order valence-electron chi connectivity index (χ2n) is 6.83. The van der Waals surface area contributed by atoms with Gasteiger partial charge in [-0.25, -0.2) is 5.43 Å². The van der Waals surface area contributed by atoms with Gasteiger partial charge in [0.25, 0.3) is 0 Å². The van der Waals surface area contributed by atoms with Gasteiger partial charge in [-0.15, -0.1) is 0 Å². The molecule has 32 heavy (non-hydrogen) atoms. The van der Waals surface area contributed by atoms with Crippen molar-refractivity contribution >= 4 is 28.1 Å². The van der Waals surface area contributed by atoms with E-state index in [2.05, 4.69) is 32.5 Å². The number of halogens is 1. The summed E-state index contributed by atoms with van der Waals surface area (Å²) in [4.78, 5) is 12.1. The smallest absolute Gasteiger partial charge is 0.244 e. The molecule has 0 spiro atoms. The number of nitriles is 1. The van der Waals surface area contributed by atoms with Crippen molar-refractivity contribution in [1.82, 2.24) is 5.43 Å². The largest absolute Gasteiger partial charge is 0.490 e. The lowest BCUT2D eigenvalue weighted by Gasteiger charge is -2.12.